The van der Waals surface area contributed by atoms with Crippen molar-refractivity contribution in [1.82, 2.24) is 0 Å². The van der Waals surface area contributed by atoms with Crippen LogP contribution in [0.25, 0.3) is 6.08 Å². The molecule has 0 N–H and O–H groups in total. The molecule has 0 spiro atoms. The zero-order valence-corrected chi connectivity index (χ0v) is 11.2. The number of benzene rings is 1. The second-order valence-corrected chi connectivity index (χ2v) is 5.02. The fourth-order valence-electron chi connectivity index (χ4n) is 1.42. The minimum atomic E-state index is -0.548. The molecule has 0 radical (unpaired) electrons. The highest BCUT2D eigenvalue weighted by Crippen LogP contribution is 2.22. The summed E-state index contributed by atoms with van der Waals surface area (Å²) in [6.45, 7) is 5.40. The van der Waals surface area contributed by atoms with Crippen LogP contribution in [-0.2, 0) is 4.79 Å². The number of ether oxygens (including phenoxy) is 1. The van der Waals surface area contributed by atoms with E-state index in [1.165, 1.54) is 0 Å². The summed E-state index contributed by atoms with van der Waals surface area (Å²) in [4.78, 5) is 12.0. The Bertz CT molecular complexity index is 499. The van der Waals surface area contributed by atoms with Crippen LogP contribution >= 0.6 is 0 Å². The molecule has 0 bridgehead atoms. The first-order valence-corrected chi connectivity index (χ1v) is 5.69. The third-order valence-electron chi connectivity index (χ3n) is 2.47. The Hall–Kier alpha value is -2.08. The molecule has 0 saturated carbocycles. The molecule has 0 aromatic heterocycles. The van der Waals surface area contributed by atoms with Crippen molar-refractivity contribution in [2.75, 3.05) is 7.11 Å². The van der Waals surface area contributed by atoms with Crippen molar-refractivity contribution in [2.45, 2.75) is 20.8 Å². The standard InChI is InChI=1S/C15H17NO2/c1-15(2,3)14(17)12(10-16)9-11-5-7-13(18-4)8-6-11/h5-9H,1-4H3. The highest BCUT2D eigenvalue weighted by atomic mass is 16.5. The van der Waals surface area contributed by atoms with Gasteiger partial charge in [-0.3, -0.25) is 4.79 Å². The molecular formula is C15H17NO2. The molecule has 3 heteroatoms. The van der Waals surface area contributed by atoms with E-state index in [1.807, 2.05) is 18.2 Å². The van der Waals surface area contributed by atoms with Crippen LogP contribution in [0.1, 0.15) is 26.3 Å². The van der Waals surface area contributed by atoms with Gasteiger partial charge in [-0.1, -0.05) is 32.9 Å². The van der Waals surface area contributed by atoms with E-state index in [-0.39, 0.29) is 11.4 Å². The van der Waals surface area contributed by atoms with Crippen LogP contribution in [-0.4, -0.2) is 12.9 Å². The molecule has 0 atom stereocenters. The molecular weight excluding hydrogens is 226 g/mol. The van der Waals surface area contributed by atoms with E-state index >= 15 is 0 Å². The first-order chi connectivity index (χ1) is 8.38. The number of nitriles is 1. The Morgan fingerprint density at radius 3 is 2.22 bits per heavy atom. The number of hydrogen-bond acceptors (Lipinski definition) is 3. The van der Waals surface area contributed by atoms with Crippen molar-refractivity contribution in [3.8, 4) is 11.8 Å². The SMILES string of the molecule is COc1ccc(C=C(C#N)C(=O)C(C)(C)C)cc1. The Balaban J connectivity index is 3.05. The van der Waals surface area contributed by atoms with Gasteiger partial charge in [-0.15, -0.1) is 0 Å². The number of nitrogens with zero attached hydrogens (tertiary/aromatic N) is 1. The molecule has 0 heterocycles. The lowest BCUT2D eigenvalue weighted by Gasteiger charge is -2.15. The molecule has 1 aromatic carbocycles. The largest absolute Gasteiger partial charge is 0.497 e. The zero-order valence-electron chi connectivity index (χ0n) is 11.2. The van der Waals surface area contributed by atoms with Crippen molar-refractivity contribution >= 4 is 11.9 Å². The van der Waals surface area contributed by atoms with Crippen molar-refractivity contribution < 1.29 is 9.53 Å². The highest BCUT2D eigenvalue weighted by Gasteiger charge is 2.24. The lowest BCUT2D eigenvalue weighted by molar-refractivity contribution is -0.121. The number of carbonyl (C=O) groups is 1. The summed E-state index contributed by atoms with van der Waals surface area (Å²) in [7, 11) is 1.59. The van der Waals surface area contributed by atoms with Gasteiger partial charge in [0, 0.05) is 5.41 Å². The van der Waals surface area contributed by atoms with Gasteiger partial charge >= 0.3 is 0 Å². The van der Waals surface area contributed by atoms with Gasteiger partial charge in [-0.2, -0.15) is 5.26 Å². The van der Waals surface area contributed by atoms with Gasteiger partial charge in [0.2, 0.25) is 0 Å². The van der Waals surface area contributed by atoms with E-state index in [1.54, 1.807) is 46.1 Å². The monoisotopic (exact) mass is 243 g/mol. The molecule has 1 rings (SSSR count). The Kier molecular flexibility index (Phi) is 4.28. The predicted octanol–water partition coefficient (Wildman–Crippen LogP) is 3.22. The predicted molar refractivity (Wildman–Crippen MR) is 71.0 cm³/mol. The van der Waals surface area contributed by atoms with Crippen LogP contribution in [0.5, 0.6) is 5.75 Å². The first-order valence-electron chi connectivity index (χ1n) is 5.69. The maximum absolute atomic E-state index is 12.0. The summed E-state index contributed by atoms with van der Waals surface area (Å²) in [5.41, 5.74) is 0.436. The molecule has 0 fully saturated rings. The van der Waals surface area contributed by atoms with Crippen molar-refractivity contribution in [3.05, 3.63) is 35.4 Å². The molecule has 0 saturated heterocycles. The average molecular weight is 243 g/mol. The average Bonchev–Trinajstić information content (AvgIpc) is 2.34. The number of Topliss-reactive ketones (excluding diaryl/α,β-unsaturated/α-hetero) is 1. The van der Waals surface area contributed by atoms with E-state index in [0.29, 0.717) is 0 Å². The molecule has 0 aliphatic carbocycles. The van der Waals surface area contributed by atoms with E-state index in [9.17, 15) is 4.79 Å². The van der Waals surface area contributed by atoms with Gasteiger partial charge in [0.25, 0.3) is 0 Å². The maximum atomic E-state index is 12.0. The zero-order chi connectivity index (χ0) is 13.8. The quantitative estimate of drug-likeness (QED) is 0.605. The van der Waals surface area contributed by atoms with Gasteiger partial charge in [-0.05, 0) is 23.8 Å². The molecule has 0 amide bonds. The topological polar surface area (TPSA) is 50.1 Å². The summed E-state index contributed by atoms with van der Waals surface area (Å²) in [5, 5.41) is 9.06. The second-order valence-electron chi connectivity index (χ2n) is 5.02. The fraction of sp³-hybridized carbons (Fsp3) is 0.333. The molecule has 0 aliphatic rings. The Labute approximate surface area is 108 Å². The summed E-state index contributed by atoms with van der Waals surface area (Å²) in [5.74, 6) is 0.591. The van der Waals surface area contributed by atoms with Crippen LogP contribution in [0.15, 0.2) is 29.8 Å². The van der Waals surface area contributed by atoms with Gasteiger partial charge in [0.05, 0.1) is 12.7 Å². The van der Waals surface area contributed by atoms with Crippen LogP contribution in [0.4, 0.5) is 0 Å². The number of methoxy groups -OCH3 is 1. The third-order valence-corrected chi connectivity index (χ3v) is 2.47. The Morgan fingerprint density at radius 2 is 1.83 bits per heavy atom. The first kappa shape index (κ1) is 14.0. The number of carbonyl (C=O) groups excluding carboxylic acids is 1. The molecule has 18 heavy (non-hydrogen) atoms. The van der Waals surface area contributed by atoms with Gasteiger partial charge in [0.15, 0.2) is 5.78 Å². The summed E-state index contributed by atoms with van der Waals surface area (Å²) >= 11 is 0. The summed E-state index contributed by atoms with van der Waals surface area (Å²) in [6, 6.07) is 9.18. The van der Waals surface area contributed by atoms with Crippen LogP contribution in [0, 0.1) is 16.7 Å². The third kappa shape index (κ3) is 3.46. The molecule has 1 aromatic rings. The maximum Gasteiger partial charge on any atom is 0.178 e. The van der Waals surface area contributed by atoms with Gasteiger partial charge in [0.1, 0.15) is 11.8 Å². The number of ketones is 1. The van der Waals surface area contributed by atoms with Gasteiger partial charge in [-0.25, -0.2) is 0 Å². The summed E-state index contributed by atoms with van der Waals surface area (Å²) in [6.07, 6.45) is 1.60. The minimum Gasteiger partial charge on any atom is -0.497 e. The lowest BCUT2D eigenvalue weighted by atomic mass is 9.86. The molecule has 3 nitrogen and oxygen atoms in total. The number of hydrogen-bond donors (Lipinski definition) is 0. The van der Waals surface area contributed by atoms with Crippen LogP contribution < -0.4 is 4.74 Å². The van der Waals surface area contributed by atoms with Crippen molar-refractivity contribution in [3.63, 3.8) is 0 Å². The van der Waals surface area contributed by atoms with Crippen molar-refractivity contribution in [2.24, 2.45) is 5.41 Å². The number of rotatable bonds is 3. The van der Waals surface area contributed by atoms with Crippen LogP contribution in [0.3, 0.4) is 0 Å². The summed E-state index contributed by atoms with van der Waals surface area (Å²) < 4.78 is 5.05. The van der Waals surface area contributed by atoms with E-state index in [0.717, 1.165) is 11.3 Å². The smallest absolute Gasteiger partial charge is 0.178 e. The Morgan fingerprint density at radius 1 is 1.28 bits per heavy atom. The fourth-order valence-corrected chi connectivity index (χ4v) is 1.42. The van der Waals surface area contributed by atoms with Crippen LogP contribution in [0.2, 0.25) is 0 Å². The van der Waals surface area contributed by atoms with Crippen molar-refractivity contribution in [1.29, 1.82) is 5.26 Å². The van der Waals surface area contributed by atoms with E-state index in [4.69, 9.17) is 10.00 Å². The van der Waals surface area contributed by atoms with E-state index < -0.39 is 5.41 Å². The second kappa shape index (κ2) is 5.50. The number of allylic oxidation sites excluding steroid dienone is 1. The van der Waals surface area contributed by atoms with E-state index in [2.05, 4.69) is 0 Å². The lowest BCUT2D eigenvalue weighted by Crippen LogP contribution is -2.21. The normalized spacial score (nSPS) is 11.8. The highest BCUT2D eigenvalue weighted by molar-refractivity contribution is 6.06. The van der Waals surface area contributed by atoms with Gasteiger partial charge < -0.3 is 4.74 Å². The molecule has 0 unspecified atom stereocenters. The minimum absolute atomic E-state index is 0.152. The molecule has 0 aliphatic heterocycles. The molecule has 94 valence electrons.